The van der Waals surface area contributed by atoms with Crippen molar-refractivity contribution in [1.82, 2.24) is 9.88 Å². The molecule has 0 aliphatic carbocycles. The van der Waals surface area contributed by atoms with Crippen LogP contribution in [0.15, 0.2) is 42.5 Å². The lowest BCUT2D eigenvalue weighted by Crippen LogP contribution is -2.49. The molecule has 5 nitrogen and oxygen atoms in total. The maximum absolute atomic E-state index is 13.2. The lowest BCUT2D eigenvalue weighted by molar-refractivity contribution is -0.274. The molecule has 2 aromatic rings. The Balaban J connectivity index is 1.79. The Morgan fingerprint density at radius 3 is 2.69 bits per heavy atom. The van der Waals surface area contributed by atoms with Gasteiger partial charge in [0.05, 0.1) is 5.56 Å². The maximum atomic E-state index is 13.2. The molecule has 3 rings (SSSR count). The van der Waals surface area contributed by atoms with Gasteiger partial charge in [0.1, 0.15) is 11.6 Å². The molecule has 0 spiro atoms. The monoisotopic (exact) mass is 407 g/mol. The number of pyridine rings is 1. The molecule has 29 heavy (non-hydrogen) atoms. The van der Waals surface area contributed by atoms with E-state index in [0.717, 1.165) is 24.6 Å². The van der Waals surface area contributed by atoms with Gasteiger partial charge < -0.3 is 15.0 Å². The largest absolute Gasteiger partial charge is 0.573 e. The highest BCUT2D eigenvalue weighted by Crippen LogP contribution is 2.30. The number of para-hydroxylation sites is 1. The maximum Gasteiger partial charge on any atom is 0.573 e. The molecule has 0 radical (unpaired) electrons. The minimum absolute atomic E-state index is 0.0856. The standard InChI is InChI=1S/C21H24F3N3O2/c1-14-10-11-16(12-25-19-9-5-6-15(2)26-19)27(13-14)20(28)17-7-3-4-8-18(17)29-21(22,23)24/h3-9,14,16H,10-13H2,1-2H3,(H,25,26)/t14-,16-/m0/s1. The number of carbonyl (C=O) groups is 1. The zero-order valence-electron chi connectivity index (χ0n) is 16.4. The Hall–Kier alpha value is -2.77. The molecule has 2 heterocycles. The molecule has 1 amide bonds. The number of ether oxygens (including phenoxy) is 1. The molecule has 2 atom stereocenters. The Morgan fingerprint density at radius 1 is 1.21 bits per heavy atom. The summed E-state index contributed by atoms with van der Waals surface area (Å²) in [6.45, 7) is 4.87. The van der Waals surface area contributed by atoms with E-state index in [9.17, 15) is 18.0 Å². The van der Waals surface area contributed by atoms with Crippen LogP contribution in [0.4, 0.5) is 19.0 Å². The molecule has 1 fully saturated rings. The van der Waals surface area contributed by atoms with Gasteiger partial charge in [-0.05, 0) is 49.9 Å². The molecule has 1 aromatic carbocycles. The van der Waals surface area contributed by atoms with E-state index >= 15 is 0 Å². The minimum Gasteiger partial charge on any atom is -0.405 e. The van der Waals surface area contributed by atoms with E-state index in [0.29, 0.717) is 18.9 Å². The number of benzene rings is 1. The van der Waals surface area contributed by atoms with Crippen molar-refractivity contribution in [3.63, 3.8) is 0 Å². The summed E-state index contributed by atoms with van der Waals surface area (Å²) in [5.74, 6) is 0.0375. The summed E-state index contributed by atoms with van der Waals surface area (Å²) in [6, 6.07) is 11.0. The first kappa shape index (κ1) is 21.0. The molecular weight excluding hydrogens is 383 g/mol. The number of halogens is 3. The number of amides is 1. The number of alkyl halides is 3. The number of nitrogens with one attached hydrogen (secondary N) is 1. The first-order valence-corrected chi connectivity index (χ1v) is 9.56. The fourth-order valence-electron chi connectivity index (χ4n) is 3.55. The van der Waals surface area contributed by atoms with Gasteiger partial charge >= 0.3 is 6.36 Å². The summed E-state index contributed by atoms with van der Waals surface area (Å²) >= 11 is 0. The number of hydrogen-bond donors (Lipinski definition) is 1. The van der Waals surface area contributed by atoms with Crippen molar-refractivity contribution >= 4 is 11.7 Å². The molecule has 1 saturated heterocycles. The third-order valence-electron chi connectivity index (χ3n) is 4.95. The fourth-order valence-corrected chi connectivity index (χ4v) is 3.55. The van der Waals surface area contributed by atoms with Gasteiger partial charge in [-0.3, -0.25) is 4.79 Å². The molecule has 1 aliphatic heterocycles. The average Bonchev–Trinajstić information content (AvgIpc) is 2.66. The molecule has 0 bridgehead atoms. The number of carbonyl (C=O) groups excluding carboxylic acids is 1. The Morgan fingerprint density at radius 2 is 1.97 bits per heavy atom. The van der Waals surface area contributed by atoms with Gasteiger partial charge in [0, 0.05) is 24.8 Å². The van der Waals surface area contributed by atoms with Crippen LogP contribution in [-0.2, 0) is 0 Å². The number of hydrogen-bond acceptors (Lipinski definition) is 4. The van der Waals surface area contributed by atoms with E-state index in [1.807, 2.05) is 32.0 Å². The van der Waals surface area contributed by atoms with E-state index in [1.165, 1.54) is 18.2 Å². The second-order valence-corrected chi connectivity index (χ2v) is 7.38. The Kier molecular flexibility index (Phi) is 6.30. The Bertz CT molecular complexity index is 857. The number of anilines is 1. The molecule has 156 valence electrons. The molecule has 1 aromatic heterocycles. The first-order chi connectivity index (χ1) is 13.7. The predicted octanol–water partition coefficient (Wildman–Crippen LogP) is 4.64. The molecule has 1 N–H and O–H groups in total. The van der Waals surface area contributed by atoms with Gasteiger partial charge in [-0.1, -0.05) is 25.1 Å². The van der Waals surface area contributed by atoms with E-state index in [2.05, 4.69) is 15.0 Å². The van der Waals surface area contributed by atoms with Crippen LogP contribution in [-0.4, -0.2) is 41.3 Å². The van der Waals surface area contributed by atoms with Crippen molar-refractivity contribution in [2.75, 3.05) is 18.4 Å². The SMILES string of the molecule is Cc1cccc(NC[C@@H]2CC[C@H](C)CN2C(=O)c2ccccc2OC(F)(F)F)n1. The third-order valence-corrected chi connectivity index (χ3v) is 4.95. The van der Waals surface area contributed by atoms with Crippen LogP contribution in [0.25, 0.3) is 0 Å². The average molecular weight is 407 g/mol. The second-order valence-electron chi connectivity index (χ2n) is 7.38. The quantitative estimate of drug-likeness (QED) is 0.785. The van der Waals surface area contributed by atoms with Gasteiger partial charge in [0.25, 0.3) is 5.91 Å². The molecule has 0 saturated carbocycles. The number of piperidine rings is 1. The highest BCUT2D eigenvalue weighted by Gasteiger charge is 2.35. The number of aryl methyl sites for hydroxylation is 1. The summed E-state index contributed by atoms with van der Waals surface area (Å²) < 4.78 is 42.3. The van der Waals surface area contributed by atoms with Gasteiger partial charge in [0.2, 0.25) is 0 Å². The normalized spacial score (nSPS) is 19.7. The molecule has 1 aliphatic rings. The van der Waals surface area contributed by atoms with Crippen molar-refractivity contribution in [3.8, 4) is 5.75 Å². The summed E-state index contributed by atoms with van der Waals surface area (Å²) in [7, 11) is 0. The third kappa shape index (κ3) is 5.62. The van der Waals surface area contributed by atoms with E-state index in [4.69, 9.17) is 0 Å². The zero-order chi connectivity index (χ0) is 21.0. The van der Waals surface area contributed by atoms with Crippen LogP contribution >= 0.6 is 0 Å². The first-order valence-electron chi connectivity index (χ1n) is 9.56. The number of nitrogens with zero attached hydrogens (tertiary/aromatic N) is 2. The van der Waals surface area contributed by atoms with Gasteiger partial charge in [-0.25, -0.2) is 4.98 Å². The van der Waals surface area contributed by atoms with Gasteiger partial charge in [0.15, 0.2) is 0 Å². The highest BCUT2D eigenvalue weighted by molar-refractivity contribution is 5.97. The highest BCUT2D eigenvalue weighted by atomic mass is 19.4. The molecule has 8 heteroatoms. The van der Waals surface area contributed by atoms with Gasteiger partial charge in [-0.2, -0.15) is 0 Å². The zero-order valence-corrected chi connectivity index (χ0v) is 16.4. The van der Waals surface area contributed by atoms with Crippen LogP contribution in [0.5, 0.6) is 5.75 Å². The van der Waals surface area contributed by atoms with Crippen molar-refractivity contribution in [1.29, 1.82) is 0 Å². The Labute approximate surface area is 167 Å². The summed E-state index contributed by atoms with van der Waals surface area (Å²) in [5.41, 5.74) is 0.788. The van der Waals surface area contributed by atoms with Crippen LogP contribution in [0.2, 0.25) is 0 Å². The van der Waals surface area contributed by atoms with Crippen LogP contribution in [0, 0.1) is 12.8 Å². The lowest BCUT2D eigenvalue weighted by atomic mass is 9.93. The van der Waals surface area contributed by atoms with Crippen LogP contribution < -0.4 is 10.1 Å². The number of aromatic nitrogens is 1. The van der Waals surface area contributed by atoms with Crippen molar-refractivity contribution in [3.05, 3.63) is 53.7 Å². The summed E-state index contributed by atoms with van der Waals surface area (Å²) in [4.78, 5) is 19.2. The van der Waals surface area contributed by atoms with E-state index < -0.39 is 18.0 Å². The molecule has 0 unspecified atom stereocenters. The smallest absolute Gasteiger partial charge is 0.405 e. The van der Waals surface area contributed by atoms with Crippen LogP contribution in [0.3, 0.4) is 0 Å². The van der Waals surface area contributed by atoms with Crippen LogP contribution in [0.1, 0.15) is 35.8 Å². The fraction of sp³-hybridized carbons (Fsp3) is 0.429. The predicted molar refractivity (Wildman–Crippen MR) is 104 cm³/mol. The summed E-state index contributed by atoms with van der Waals surface area (Å²) in [5, 5.41) is 3.24. The van der Waals surface area contributed by atoms with Gasteiger partial charge in [-0.15, -0.1) is 13.2 Å². The second kappa shape index (κ2) is 8.71. The van der Waals surface area contributed by atoms with Crippen molar-refractivity contribution in [2.24, 2.45) is 5.92 Å². The summed E-state index contributed by atoms with van der Waals surface area (Å²) in [6.07, 6.45) is -3.16. The molecular formula is C21H24F3N3O2. The number of rotatable bonds is 5. The topological polar surface area (TPSA) is 54.5 Å². The lowest BCUT2D eigenvalue weighted by Gasteiger charge is -2.39. The van der Waals surface area contributed by atoms with E-state index in [1.54, 1.807) is 4.90 Å². The van der Waals surface area contributed by atoms with E-state index in [-0.39, 0.29) is 17.5 Å². The number of likely N-dealkylation sites (tertiary alicyclic amines) is 1. The van der Waals surface area contributed by atoms with Crippen molar-refractivity contribution < 1.29 is 22.7 Å². The van der Waals surface area contributed by atoms with Crippen molar-refractivity contribution in [2.45, 2.75) is 39.1 Å². The minimum atomic E-state index is -4.86.